The lowest BCUT2D eigenvalue weighted by Crippen LogP contribution is -2.28. The normalized spacial score (nSPS) is 17.1. The summed E-state index contributed by atoms with van der Waals surface area (Å²) in [7, 11) is 0. The Morgan fingerprint density at radius 1 is 1.08 bits per heavy atom. The molecule has 0 spiro atoms. The molecule has 5 nitrogen and oxygen atoms in total. The third-order valence-corrected chi connectivity index (χ3v) is 5.16. The summed E-state index contributed by atoms with van der Waals surface area (Å²) in [5.41, 5.74) is 12.8. The number of rotatable bonds is 1. The van der Waals surface area contributed by atoms with E-state index in [0.29, 0.717) is 0 Å². The van der Waals surface area contributed by atoms with E-state index in [2.05, 4.69) is 16.3 Å². The molecular weight excluding hydrogens is 312 g/mol. The Morgan fingerprint density at radius 3 is 2.76 bits per heavy atom. The standard InChI is InChI=1S/C20H18N4O/c21-12-3-6-14-15(9-12)20(11-1-4-13(25)5-2-11)23-18-8-7-17-16(19(14)18)10-22-24-17/h1-2,4-5,7-8,10,12,25H,3,6,9,21H2,(H,22,24). The summed E-state index contributed by atoms with van der Waals surface area (Å²) in [5, 5.41) is 19.2. The first-order chi connectivity index (χ1) is 12.2. The fourth-order valence-corrected chi connectivity index (χ4v) is 3.95. The van der Waals surface area contributed by atoms with Gasteiger partial charge in [-0.25, -0.2) is 4.98 Å². The van der Waals surface area contributed by atoms with Gasteiger partial charge in [0.15, 0.2) is 0 Å². The second-order valence-corrected chi connectivity index (χ2v) is 6.76. The average Bonchev–Trinajstić information content (AvgIpc) is 3.10. The Bertz CT molecular complexity index is 1100. The molecule has 0 fully saturated rings. The van der Waals surface area contributed by atoms with Crippen LogP contribution in [0.1, 0.15) is 17.5 Å². The number of nitrogens with two attached hydrogens (primary N) is 1. The van der Waals surface area contributed by atoms with Gasteiger partial charge >= 0.3 is 0 Å². The number of aromatic amines is 1. The number of benzene rings is 2. The molecule has 1 aliphatic carbocycles. The molecule has 2 aromatic heterocycles. The van der Waals surface area contributed by atoms with Crippen LogP contribution in [-0.2, 0) is 12.8 Å². The van der Waals surface area contributed by atoms with Crippen molar-refractivity contribution in [3.63, 3.8) is 0 Å². The molecule has 4 N–H and O–H groups in total. The average molecular weight is 330 g/mol. The van der Waals surface area contributed by atoms with Crippen LogP contribution in [0.5, 0.6) is 5.75 Å². The molecule has 5 rings (SSSR count). The number of aromatic hydroxyl groups is 1. The Morgan fingerprint density at radius 2 is 1.92 bits per heavy atom. The zero-order valence-corrected chi connectivity index (χ0v) is 13.7. The highest BCUT2D eigenvalue weighted by atomic mass is 16.3. The Hall–Kier alpha value is -2.92. The fraction of sp³-hybridized carbons (Fsp3) is 0.200. The molecule has 0 radical (unpaired) electrons. The highest BCUT2D eigenvalue weighted by Crippen LogP contribution is 2.37. The number of aromatic nitrogens is 3. The molecule has 0 bridgehead atoms. The number of fused-ring (bicyclic) bond motifs is 5. The second-order valence-electron chi connectivity index (χ2n) is 6.76. The van der Waals surface area contributed by atoms with Gasteiger partial charge in [-0.3, -0.25) is 5.10 Å². The van der Waals surface area contributed by atoms with Gasteiger partial charge in [-0.2, -0.15) is 5.10 Å². The van der Waals surface area contributed by atoms with Gasteiger partial charge in [0.05, 0.1) is 22.9 Å². The number of hydrogen-bond donors (Lipinski definition) is 3. The number of H-pyrrole nitrogens is 1. The van der Waals surface area contributed by atoms with E-state index in [1.807, 2.05) is 24.4 Å². The van der Waals surface area contributed by atoms with E-state index in [9.17, 15) is 5.11 Å². The first-order valence-corrected chi connectivity index (χ1v) is 8.53. The van der Waals surface area contributed by atoms with E-state index >= 15 is 0 Å². The summed E-state index contributed by atoms with van der Waals surface area (Å²) in [6.45, 7) is 0. The van der Waals surface area contributed by atoms with Crippen LogP contribution in [0.25, 0.3) is 33.1 Å². The van der Waals surface area contributed by atoms with Gasteiger partial charge in [-0.15, -0.1) is 0 Å². The number of pyridine rings is 1. The van der Waals surface area contributed by atoms with E-state index in [4.69, 9.17) is 10.7 Å². The predicted octanol–water partition coefficient (Wildman–Crippen LogP) is 3.30. The molecule has 1 atom stereocenters. The molecule has 25 heavy (non-hydrogen) atoms. The van der Waals surface area contributed by atoms with Crippen molar-refractivity contribution >= 4 is 21.8 Å². The number of aryl methyl sites for hydroxylation is 1. The van der Waals surface area contributed by atoms with Gasteiger partial charge < -0.3 is 10.8 Å². The summed E-state index contributed by atoms with van der Waals surface area (Å²) in [5.74, 6) is 0.259. The van der Waals surface area contributed by atoms with Crippen LogP contribution in [0, 0.1) is 0 Å². The molecule has 0 saturated heterocycles. The lowest BCUT2D eigenvalue weighted by atomic mass is 9.83. The van der Waals surface area contributed by atoms with E-state index in [1.165, 1.54) is 16.5 Å². The van der Waals surface area contributed by atoms with Crippen molar-refractivity contribution in [1.29, 1.82) is 0 Å². The number of nitrogens with zero attached hydrogens (tertiary/aromatic N) is 2. The van der Waals surface area contributed by atoms with Crippen LogP contribution in [0.4, 0.5) is 0 Å². The topological polar surface area (TPSA) is 87.8 Å². The van der Waals surface area contributed by atoms with Crippen LogP contribution in [0.2, 0.25) is 0 Å². The maximum Gasteiger partial charge on any atom is 0.115 e. The van der Waals surface area contributed by atoms with Crippen LogP contribution < -0.4 is 5.73 Å². The third kappa shape index (κ3) is 2.20. The number of phenols is 1. The molecule has 2 aromatic carbocycles. The van der Waals surface area contributed by atoms with Crippen LogP contribution in [-0.4, -0.2) is 26.3 Å². The molecule has 1 unspecified atom stereocenters. The largest absolute Gasteiger partial charge is 0.508 e. The Labute approximate surface area is 144 Å². The van der Waals surface area contributed by atoms with Crippen molar-refractivity contribution in [2.75, 3.05) is 0 Å². The van der Waals surface area contributed by atoms with Crippen molar-refractivity contribution in [3.05, 3.63) is 53.7 Å². The zero-order valence-electron chi connectivity index (χ0n) is 13.7. The molecule has 2 heterocycles. The molecule has 124 valence electrons. The van der Waals surface area contributed by atoms with E-state index < -0.39 is 0 Å². The van der Waals surface area contributed by atoms with Gasteiger partial charge in [0, 0.05) is 22.4 Å². The minimum Gasteiger partial charge on any atom is -0.508 e. The molecular formula is C20H18N4O. The highest BCUT2D eigenvalue weighted by molar-refractivity contribution is 6.07. The van der Waals surface area contributed by atoms with Crippen molar-refractivity contribution < 1.29 is 5.11 Å². The Kier molecular flexibility index (Phi) is 3.05. The highest BCUT2D eigenvalue weighted by Gasteiger charge is 2.24. The number of nitrogens with one attached hydrogen (secondary N) is 1. The summed E-state index contributed by atoms with van der Waals surface area (Å²) < 4.78 is 0. The summed E-state index contributed by atoms with van der Waals surface area (Å²) >= 11 is 0. The van der Waals surface area contributed by atoms with Crippen molar-refractivity contribution in [3.8, 4) is 17.0 Å². The van der Waals surface area contributed by atoms with Crippen molar-refractivity contribution in [1.82, 2.24) is 15.2 Å². The smallest absolute Gasteiger partial charge is 0.115 e. The summed E-state index contributed by atoms with van der Waals surface area (Å²) in [4.78, 5) is 4.97. The van der Waals surface area contributed by atoms with Crippen LogP contribution in [0.3, 0.4) is 0 Å². The quantitative estimate of drug-likeness (QED) is 0.500. The summed E-state index contributed by atoms with van der Waals surface area (Å²) in [6.07, 6.45) is 4.64. The minimum absolute atomic E-state index is 0.158. The third-order valence-electron chi connectivity index (χ3n) is 5.16. The van der Waals surface area contributed by atoms with Gasteiger partial charge in [0.2, 0.25) is 0 Å². The van der Waals surface area contributed by atoms with E-state index in [-0.39, 0.29) is 11.8 Å². The SMILES string of the molecule is NC1CCc2c(c(-c3ccc(O)cc3)nc3ccc4[nH]ncc4c23)C1. The van der Waals surface area contributed by atoms with Gasteiger partial charge in [0.25, 0.3) is 0 Å². The monoisotopic (exact) mass is 330 g/mol. The molecule has 4 aromatic rings. The fourth-order valence-electron chi connectivity index (χ4n) is 3.95. The first-order valence-electron chi connectivity index (χ1n) is 8.53. The zero-order chi connectivity index (χ0) is 17.0. The lowest BCUT2D eigenvalue weighted by Gasteiger charge is -2.25. The van der Waals surface area contributed by atoms with Crippen molar-refractivity contribution in [2.45, 2.75) is 25.3 Å². The number of hydrogen-bond acceptors (Lipinski definition) is 4. The minimum atomic E-state index is 0.158. The van der Waals surface area contributed by atoms with Gasteiger partial charge in [-0.05, 0) is 66.8 Å². The molecule has 0 aliphatic heterocycles. The Balaban J connectivity index is 1.87. The maximum absolute atomic E-state index is 9.60. The van der Waals surface area contributed by atoms with Crippen LogP contribution in [0.15, 0.2) is 42.6 Å². The van der Waals surface area contributed by atoms with Gasteiger partial charge in [-0.1, -0.05) is 0 Å². The van der Waals surface area contributed by atoms with Crippen molar-refractivity contribution in [2.24, 2.45) is 5.73 Å². The summed E-state index contributed by atoms with van der Waals surface area (Å²) in [6, 6.07) is 11.5. The van der Waals surface area contributed by atoms with E-state index in [0.717, 1.165) is 46.9 Å². The predicted molar refractivity (Wildman–Crippen MR) is 98.5 cm³/mol. The van der Waals surface area contributed by atoms with Crippen LogP contribution >= 0.6 is 0 Å². The molecule has 0 amide bonds. The molecule has 1 aliphatic rings. The lowest BCUT2D eigenvalue weighted by molar-refractivity contribution is 0.475. The maximum atomic E-state index is 9.60. The van der Waals surface area contributed by atoms with E-state index in [1.54, 1.807) is 12.1 Å². The molecule has 5 heteroatoms. The molecule has 0 saturated carbocycles. The van der Waals surface area contributed by atoms with Gasteiger partial charge in [0.1, 0.15) is 5.75 Å². The number of phenolic OH excluding ortho intramolecular Hbond substituents is 1. The first kappa shape index (κ1) is 14.4. The second kappa shape index (κ2) is 5.29.